The first-order valence-corrected chi connectivity index (χ1v) is 5.40. The van der Waals surface area contributed by atoms with Gasteiger partial charge in [0.1, 0.15) is 11.4 Å². The summed E-state index contributed by atoms with van der Waals surface area (Å²) < 4.78 is 17.7. The monoisotopic (exact) mass is 251 g/mol. The molecule has 0 bridgehead atoms. The van der Waals surface area contributed by atoms with Gasteiger partial charge in [-0.1, -0.05) is 6.07 Å². The van der Waals surface area contributed by atoms with E-state index in [1.165, 1.54) is 12.1 Å². The summed E-state index contributed by atoms with van der Waals surface area (Å²) in [6, 6.07) is 4.14. The number of aryl methyl sites for hydroxylation is 1. The van der Waals surface area contributed by atoms with Gasteiger partial charge in [0, 0.05) is 6.21 Å². The van der Waals surface area contributed by atoms with Gasteiger partial charge in [0.05, 0.1) is 18.6 Å². The minimum atomic E-state index is -0.683. The fourth-order valence-corrected chi connectivity index (χ4v) is 1.21. The lowest BCUT2D eigenvalue weighted by molar-refractivity contribution is -0.137. The van der Waals surface area contributed by atoms with Gasteiger partial charge in [0.15, 0.2) is 0 Å². The van der Waals surface area contributed by atoms with E-state index in [0.29, 0.717) is 11.9 Å². The van der Waals surface area contributed by atoms with Crippen LogP contribution in [-0.4, -0.2) is 23.9 Å². The zero-order valence-electron chi connectivity index (χ0n) is 10.2. The van der Waals surface area contributed by atoms with Crippen LogP contribution in [0.1, 0.15) is 12.5 Å². The molecule has 0 amide bonds. The molecule has 1 aromatic rings. The number of hydrogen-bond donors (Lipinski definition) is 1. The molecule has 5 heteroatoms. The normalized spacial score (nSPS) is 11.8. The second-order valence-electron chi connectivity index (χ2n) is 3.49. The Bertz CT molecular complexity index is 495. The van der Waals surface area contributed by atoms with Crippen molar-refractivity contribution in [1.82, 2.24) is 0 Å². The number of ether oxygens (including phenoxy) is 1. The van der Waals surface area contributed by atoms with Crippen LogP contribution in [0.15, 0.2) is 35.0 Å². The molecule has 0 aliphatic carbocycles. The first-order chi connectivity index (χ1) is 8.58. The van der Waals surface area contributed by atoms with Gasteiger partial charge in [-0.25, -0.2) is 9.18 Å². The Kier molecular flexibility index (Phi) is 5.05. The molecule has 18 heavy (non-hydrogen) atoms. The number of halogens is 1. The molecule has 0 spiro atoms. The number of hydrogen-bond acceptors (Lipinski definition) is 4. The summed E-state index contributed by atoms with van der Waals surface area (Å²) in [6.07, 6.45) is 1.75. The zero-order chi connectivity index (χ0) is 13.5. The molecule has 0 radical (unpaired) electrons. The maximum atomic E-state index is 13.0. The van der Waals surface area contributed by atoms with Crippen molar-refractivity contribution < 1.29 is 19.0 Å². The molecule has 0 aliphatic rings. The summed E-state index contributed by atoms with van der Waals surface area (Å²) >= 11 is 0. The molecule has 0 aromatic heterocycles. The van der Waals surface area contributed by atoms with Crippen molar-refractivity contribution in [2.24, 2.45) is 4.99 Å². The number of aliphatic hydroxyl groups is 1. The highest BCUT2D eigenvalue weighted by molar-refractivity contribution is 6.09. The van der Waals surface area contributed by atoms with Gasteiger partial charge < -0.3 is 9.84 Å². The molecule has 0 saturated heterocycles. The Hall–Kier alpha value is -2.17. The van der Waals surface area contributed by atoms with E-state index in [2.05, 4.69) is 4.99 Å². The van der Waals surface area contributed by atoms with Crippen LogP contribution >= 0.6 is 0 Å². The number of rotatable bonds is 4. The maximum absolute atomic E-state index is 13.0. The molecule has 1 aromatic carbocycles. The lowest BCUT2D eigenvalue weighted by Gasteiger charge is -2.02. The van der Waals surface area contributed by atoms with Gasteiger partial charge in [-0.05, 0) is 31.5 Å². The quantitative estimate of drug-likeness (QED) is 0.387. The molecule has 0 unspecified atom stereocenters. The van der Waals surface area contributed by atoms with Crippen molar-refractivity contribution >= 4 is 17.9 Å². The highest BCUT2D eigenvalue weighted by Gasteiger charge is 2.08. The fourth-order valence-electron chi connectivity index (χ4n) is 1.21. The third-order valence-corrected chi connectivity index (χ3v) is 2.16. The third kappa shape index (κ3) is 3.69. The number of aliphatic hydroxyl groups excluding tert-OH is 1. The summed E-state index contributed by atoms with van der Waals surface area (Å²) in [5, 5.41) is 8.90. The van der Waals surface area contributed by atoms with Gasteiger partial charge in [-0.2, -0.15) is 0 Å². The van der Waals surface area contributed by atoms with E-state index in [1.807, 2.05) is 0 Å². The van der Waals surface area contributed by atoms with Gasteiger partial charge in [0.2, 0.25) is 0 Å². The van der Waals surface area contributed by atoms with Crippen LogP contribution in [0.5, 0.6) is 0 Å². The van der Waals surface area contributed by atoms with Crippen molar-refractivity contribution in [2.45, 2.75) is 13.8 Å². The number of carbonyl (C=O) groups excluding carboxylic acids is 1. The van der Waals surface area contributed by atoms with Gasteiger partial charge in [-0.3, -0.25) is 4.99 Å². The first kappa shape index (κ1) is 13.9. The van der Waals surface area contributed by atoms with Crippen LogP contribution in [0.4, 0.5) is 10.1 Å². The number of carbonyl (C=O) groups is 1. The molecule has 0 heterocycles. The minimum absolute atomic E-state index is 0.0967. The Morgan fingerprint density at radius 3 is 2.89 bits per heavy atom. The standard InChI is InChI=1S/C13H14FNO3/c1-3-18-13(17)10(8-16)7-15-12-6-11(14)5-4-9(12)2/h4-8,16H,3H2,1-2H3/b10-8-,15-7?. The van der Waals surface area contributed by atoms with Crippen molar-refractivity contribution in [3.05, 3.63) is 41.4 Å². The van der Waals surface area contributed by atoms with Crippen LogP contribution in [-0.2, 0) is 9.53 Å². The number of benzene rings is 1. The molecule has 0 aliphatic heterocycles. The minimum Gasteiger partial charge on any atom is -0.515 e. The molecule has 96 valence electrons. The van der Waals surface area contributed by atoms with E-state index in [4.69, 9.17) is 9.84 Å². The maximum Gasteiger partial charge on any atom is 0.342 e. The summed E-state index contributed by atoms with van der Waals surface area (Å²) in [5.74, 6) is -1.10. The summed E-state index contributed by atoms with van der Waals surface area (Å²) in [5.41, 5.74) is 1.05. The number of esters is 1. The number of aliphatic imine (C=N–C) groups is 1. The van der Waals surface area contributed by atoms with Gasteiger partial charge in [-0.15, -0.1) is 0 Å². The van der Waals surface area contributed by atoms with Crippen LogP contribution in [0.2, 0.25) is 0 Å². The van der Waals surface area contributed by atoms with E-state index in [1.54, 1.807) is 19.9 Å². The smallest absolute Gasteiger partial charge is 0.342 e. The van der Waals surface area contributed by atoms with E-state index in [0.717, 1.165) is 11.8 Å². The summed E-state index contributed by atoms with van der Waals surface area (Å²) in [6.45, 7) is 3.61. The van der Waals surface area contributed by atoms with Gasteiger partial charge >= 0.3 is 5.97 Å². The van der Waals surface area contributed by atoms with E-state index in [-0.39, 0.29) is 12.2 Å². The summed E-state index contributed by atoms with van der Waals surface area (Å²) in [7, 11) is 0. The van der Waals surface area contributed by atoms with Crippen molar-refractivity contribution in [3.8, 4) is 0 Å². The van der Waals surface area contributed by atoms with Crippen molar-refractivity contribution in [3.63, 3.8) is 0 Å². The lowest BCUT2D eigenvalue weighted by Crippen LogP contribution is -2.08. The van der Waals surface area contributed by atoms with Crippen LogP contribution in [0, 0.1) is 12.7 Å². The topological polar surface area (TPSA) is 58.9 Å². The molecule has 0 saturated carbocycles. The molecule has 1 N–H and O–H groups in total. The highest BCUT2D eigenvalue weighted by atomic mass is 19.1. The van der Waals surface area contributed by atoms with Crippen molar-refractivity contribution in [2.75, 3.05) is 6.61 Å². The van der Waals surface area contributed by atoms with Crippen LogP contribution < -0.4 is 0 Å². The average Bonchev–Trinajstić information content (AvgIpc) is 2.34. The largest absolute Gasteiger partial charge is 0.515 e. The lowest BCUT2D eigenvalue weighted by atomic mass is 10.2. The van der Waals surface area contributed by atoms with E-state index >= 15 is 0 Å². The van der Waals surface area contributed by atoms with E-state index < -0.39 is 11.8 Å². The Labute approximate surface area is 104 Å². The summed E-state index contributed by atoms with van der Waals surface area (Å²) in [4.78, 5) is 15.3. The van der Waals surface area contributed by atoms with E-state index in [9.17, 15) is 9.18 Å². The number of nitrogens with zero attached hydrogens (tertiary/aromatic N) is 1. The van der Waals surface area contributed by atoms with Gasteiger partial charge in [0.25, 0.3) is 0 Å². The van der Waals surface area contributed by atoms with Crippen molar-refractivity contribution in [1.29, 1.82) is 0 Å². The molecule has 4 nitrogen and oxygen atoms in total. The Balaban J connectivity index is 2.91. The SMILES string of the molecule is CCOC(=O)/C(C=Nc1cc(F)ccc1C)=C\O. The first-order valence-electron chi connectivity index (χ1n) is 5.40. The molecular formula is C13H14FNO3. The average molecular weight is 251 g/mol. The molecule has 1 rings (SSSR count). The van der Waals surface area contributed by atoms with Crippen LogP contribution in [0.3, 0.4) is 0 Å². The molecule has 0 fully saturated rings. The Morgan fingerprint density at radius 2 is 2.28 bits per heavy atom. The fraction of sp³-hybridized carbons (Fsp3) is 0.231. The second-order valence-corrected chi connectivity index (χ2v) is 3.49. The zero-order valence-corrected chi connectivity index (χ0v) is 10.2. The highest BCUT2D eigenvalue weighted by Crippen LogP contribution is 2.19. The Morgan fingerprint density at radius 1 is 1.56 bits per heavy atom. The molecular weight excluding hydrogens is 237 g/mol. The third-order valence-electron chi connectivity index (χ3n) is 2.16. The second kappa shape index (κ2) is 6.54. The van der Waals surface area contributed by atoms with Crippen LogP contribution in [0.25, 0.3) is 0 Å². The molecule has 0 atom stereocenters. The predicted molar refractivity (Wildman–Crippen MR) is 66.6 cm³/mol. The predicted octanol–water partition coefficient (Wildman–Crippen LogP) is 2.84.